The van der Waals surface area contributed by atoms with Crippen molar-refractivity contribution in [3.63, 3.8) is 0 Å². The Hall–Kier alpha value is -1.92. The van der Waals surface area contributed by atoms with Gasteiger partial charge in [-0.05, 0) is 50.6 Å². The van der Waals surface area contributed by atoms with Crippen molar-refractivity contribution in [3.05, 3.63) is 81.4 Å². The minimum Gasteiger partial charge on any atom is -0.468 e. The van der Waals surface area contributed by atoms with E-state index in [1.807, 2.05) is 18.2 Å². The number of hydrogen-bond acceptors (Lipinski definition) is 3. The van der Waals surface area contributed by atoms with E-state index in [4.69, 9.17) is 4.74 Å². The first-order chi connectivity index (χ1) is 12.2. The Labute approximate surface area is 161 Å². The van der Waals surface area contributed by atoms with Crippen LogP contribution in [0.15, 0.2) is 66.7 Å². The molecule has 0 atom stereocenters. The molecule has 4 heteroatoms. The summed E-state index contributed by atoms with van der Waals surface area (Å²) >= 11 is 2.37. The highest BCUT2D eigenvalue weighted by Crippen LogP contribution is 2.25. The maximum absolute atomic E-state index is 11.9. The summed E-state index contributed by atoms with van der Waals surface area (Å²) in [6, 6.07) is 22.9. The number of fused-ring (bicyclic) bond motifs is 1. The van der Waals surface area contributed by atoms with Crippen LogP contribution in [0.5, 0.6) is 0 Å². The molecule has 0 heterocycles. The molecule has 0 N–H and O–H groups in total. The lowest BCUT2D eigenvalue weighted by molar-refractivity contribution is -0.142. The van der Waals surface area contributed by atoms with Crippen LogP contribution in [0.3, 0.4) is 0 Å². The average molecular weight is 445 g/mol. The number of carbonyl (C=O) groups is 1. The lowest BCUT2D eigenvalue weighted by atomic mass is 10.0. The number of hydrogen-bond donors (Lipinski definition) is 0. The van der Waals surface area contributed by atoms with Gasteiger partial charge in [0.25, 0.3) is 0 Å². The lowest BCUT2D eigenvalue weighted by Crippen LogP contribution is -2.30. The van der Waals surface area contributed by atoms with Crippen molar-refractivity contribution >= 4 is 39.3 Å². The van der Waals surface area contributed by atoms with Gasteiger partial charge in [0, 0.05) is 16.7 Å². The van der Waals surface area contributed by atoms with Gasteiger partial charge in [-0.15, -0.1) is 0 Å². The zero-order chi connectivity index (χ0) is 17.6. The number of carbonyl (C=O) groups excluding carboxylic acids is 1. The molecule has 0 saturated heterocycles. The molecule has 0 bridgehead atoms. The van der Waals surface area contributed by atoms with Crippen LogP contribution in [0, 0.1) is 3.57 Å². The third kappa shape index (κ3) is 4.58. The van der Waals surface area contributed by atoms with Gasteiger partial charge in [-0.3, -0.25) is 9.69 Å². The molecule has 3 nitrogen and oxygen atoms in total. The second-order valence-electron chi connectivity index (χ2n) is 5.95. The summed E-state index contributed by atoms with van der Waals surface area (Å²) in [5, 5.41) is 2.45. The molecule has 0 fully saturated rings. The molecule has 0 aliphatic carbocycles. The Morgan fingerprint density at radius 3 is 2.44 bits per heavy atom. The quantitative estimate of drug-likeness (QED) is 0.410. The van der Waals surface area contributed by atoms with Crippen LogP contribution in [0.2, 0.25) is 0 Å². The SMILES string of the molecule is COC(=O)CN(Cc1ccccc1)Cc1c(I)ccc2ccccc12. The number of halogens is 1. The first-order valence-electron chi connectivity index (χ1n) is 8.16. The van der Waals surface area contributed by atoms with Crippen molar-refractivity contribution in [3.8, 4) is 0 Å². The molecule has 128 valence electrons. The Balaban J connectivity index is 1.92. The van der Waals surface area contributed by atoms with E-state index < -0.39 is 0 Å². The number of methoxy groups -OCH3 is 1. The summed E-state index contributed by atoms with van der Waals surface area (Å²) < 4.78 is 6.10. The van der Waals surface area contributed by atoms with Gasteiger partial charge in [0.2, 0.25) is 0 Å². The molecule has 25 heavy (non-hydrogen) atoms. The minimum atomic E-state index is -0.217. The highest BCUT2D eigenvalue weighted by molar-refractivity contribution is 14.1. The van der Waals surface area contributed by atoms with Gasteiger partial charge in [-0.2, -0.15) is 0 Å². The average Bonchev–Trinajstić information content (AvgIpc) is 2.64. The van der Waals surface area contributed by atoms with Crippen molar-refractivity contribution in [2.75, 3.05) is 13.7 Å². The van der Waals surface area contributed by atoms with E-state index in [-0.39, 0.29) is 12.5 Å². The molecular weight excluding hydrogens is 425 g/mol. The fraction of sp³-hybridized carbons (Fsp3) is 0.190. The Morgan fingerprint density at radius 2 is 1.68 bits per heavy atom. The van der Waals surface area contributed by atoms with Crippen LogP contribution in [0.25, 0.3) is 10.8 Å². The van der Waals surface area contributed by atoms with Gasteiger partial charge in [0.15, 0.2) is 0 Å². The van der Waals surface area contributed by atoms with Crippen molar-refractivity contribution in [2.24, 2.45) is 0 Å². The van der Waals surface area contributed by atoms with Crippen LogP contribution in [0.1, 0.15) is 11.1 Å². The molecule has 0 aliphatic heterocycles. The molecule has 3 aromatic rings. The van der Waals surface area contributed by atoms with Crippen molar-refractivity contribution < 1.29 is 9.53 Å². The molecule has 0 amide bonds. The highest BCUT2D eigenvalue weighted by Gasteiger charge is 2.15. The second-order valence-corrected chi connectivity index (χ2v) is 7.12. The largest absolute Gasteiger partial charge is 0.468 e. The van der Waals surface area contributed by atoms with Crippen molar-refractivity contribution in [1.82, 2.24) is 4.90 Å². The zero-order valence-corrected chi connectivity index (χ0v) is 16.3. The predicted molar refractivity (Wildman–Crippen MR) is 109 cm³/mol. The maximum Gasteiger partial charge on any atom is 0.319 e. The van der Waals surface area contributed by atoms with E-state index in [9.17, 15) is 4.79 Å². The zero-order valence-electron chi connectivity index (χ0n) is 14.1. The van der Waals surface area contributed by atoms with Crippen LogP contribution in [-0.4, -0.2) is 24.5 Å². The van der Waals surface area contributed by atoms with Crippen LogP contribution in [0.4, 0.5) is 0 Å². The van der Waals surface area contributed by atoms with E-state index in [0.29, 0.717) is 13.1 Å². The molecule has 3 aromatic carbocycles. The maximum atomic E-state index is 11.9. The van der Waals surface area contributed by atoms with Crippen LogP contribution in [-0.2, 0) is 22.6 Å². The van der Waals surface area contributed by atoms with Gasteiger partial charge in [0.05, 0.1) is 13.7 Å². The van der Waals surface area contributed by atoms with E-state index in [0.717, 1.165) is 0 Å². The Morgan fingerprint density at radius 1 is 0.960 bits per heavy atom. The molecule has 0 aliphatic rings. The van der Waals surface area contributed by atoms with E-state index in [1.165, 1.54) is 32.6 Å². The Kier molecular flexibility index (Phi) is 6.04. The van der Waals surface area contributed by atoms with Crippen molar-refractivity contribution in [1.29, 1.82) is 0 Å². The fourth-order valence-corrected chi connectivity index (χ4v) is 3.59. The minimum absolute atomic E-state index is 0.217. The van der Waals surface area contributed by atoms with Crippen LogP contribution < -0.4 is 0 Å². The van der Waals surface area contributed by atoms with Gasteiger partial charge in [0.1, 0.15) is 0 Å². The third-order valence-electron chi connectivity index (χ3n) is 4.19. The van der Waals surface area contributed by atoms with Gasteiger partial charge < -0.3 is 4.74 Å². The molecule has 0 radical (unpaired) electrons. The topological polar surface area (TPSA) is 29.5 Å². The number of nitrogens with zero attached hydrogens (tertiary/aromatic N) is 1. The summed E-state index contributed by atoms with van der Waals surface area (Å²) in [6.45, 7) is 1.67. The van der Waals surface area contributed by atoms with Crippen LogP contribution >= 0.6 is 22.6 Å². The number of rotatable bonds is 6. The molecule has 0 unspecified atom stereocenters. The summed E-state index contributed by atoms with van der Waals surface area (Å²) in [6.07, 6.45) is 0. The monoisotopic (exact) mass is 445 g/mol. The normalized spacial score (nSPS) is 11.0. The number of ether oxygens (including phenoxy) is 1. The van der Waals surface area contributed by atoms with Crippen molar-refractivity contribution in [2.45, 2.75) is 13.1 Å². The summed E-state index contributed by atoms with van der Waals surface area (Å²) in [7, 11) is 1.44. The van der Waals surface area contributed by atoms with Gasteiger partial charge in [-0.25, -0.2) is 0 Å². The second kappa shape index (κ2) is 8.45. The smallest absolute Gasteiger partial charge is 0.319 e. The molecule has 0 spiro atoms. The molecule has 0 saturated carbocycles. The summed E-state index contributed by atoms with van der Waals surface area (Å²) in [5.41, 5.74) is 2.43. The van der Waals surface area contributed by atoms with E-state index in [2.05, 4.69) is 76.0 Å². The third-order valence-corrected chi connectivity index (χ3v) is 5.21. The molecular formula is C21H20INO2. The summed E-state index contributed by atoms with van der Waals surface area (Å²) in [4.78, 5) is 14.0. The standard InChI is InChI=1S/C21H20INO2/c1-25-21(24)15-23(13-16-7-3-2-4-8-16)14-19-18-10-6-5-9-17(18)11-12-20(19)22/h2-12H,13-15H2,1H3. The first-order valence-corrected chi connectivity index (χ1v) is 9.24. The summed E-state index contributed by atoms with van der Waals surface area (Å²) in [5.74, 6) is -0.217. The lowest BCUT2D eigenvalue weighted by Gasteiger charge is -2.23. The number of esters is 1. The van der Waals surface area contributed by atoms with Gasteiger partial charge in [-0.1, -0.05) is 60.7 Å². The fourth-order valence-electron chi connectivity index (χ4n) is 2.95. The van der Waals surface area contributed by atoms with Gasteiger partial charge >= 0.3 is 5.97 Å². The predicted octanol–water partition coefficient (Wildman–Crippen LogP) is 4.62. The van der Waals surface area contributed by atoms with E-state index >= 15 is 0 Å². The number of benzene rings is 3. The Bertz CT molecular complexity index is 864. The first kappa shape index (κ1) is 17.9. The van der Waals surface area contributed by atoms with E-state index in [1.54, 1.807) is 0 Å². The molecule has 0 aromatic heterocycles. The highest BCUT2D eigenvalue weighted by atomic mass is 127. The molecule has 3 rings (SSSR count).